The van der Waals surface area contributed by atoms with Crippen molar-refractivity contribution in [3.63, 3.8) is 0 Å². The van der Waals surface area contributed by atoms with Crippen LogP contribution in [0, 0.1) is 11.3 Å². The highest BCUT2D eigenvalue weighted by Crippen LogP contribution is 2.37. The van der Waals surface area contributed by atoms with Crippen LogP contribution in [-0.2, 0) is 5.41 Å². The van der Waals surface area contributed by atoms with E-state index in [-0.39, 0.29) is 12.4 Å². The summed E-state index contributed by atoms with van der Waals surface area (Å²) in [7, 11) is 0. The van der Waals surface area contributed by atoms with E-state index in [1.807, 2.05) is 0 Å². The molecule has 1 unspecified atom stereocenters. The van der Waals surface area contributed by atoms with Crippen molar-refractivity contribution in [3.8, 4) is 6.07 Å². The lowest BCUT2D eigenvalue weighted by Gasteiger charge is -2.31. The van der Waals surface area contributed by atoms with Crippen molar-refractivity contribution < 1.29 is 0 Å². The Hall–Kier alpha value is -2.34. The van der Waals surface area contributed by atoms with Gasteiger partial charge in [0.15, 0.2) is 0 Å². The third kappa shape index (κ3) is 7.97. The van der Waals surface area contributed by atoms with Gasteiger partial charge in [-0.2, -0.15) is 5.26 Å². The minimum absolute atomic E-state index is 0. The van der Waals surface area contributed by atoms with Gasteiger partial charge in [0.1, 0.15) is 0 Å². The number of hydrogen-bond acceptors (Lipinski definition) is 2. The monoisotopic (exact) mass is 450 g/mol. The topological polar surface area (TPSA) is 27.0 Å². The van der Waals surface area contributed by atoms with E-state index < -0.39 is 5.41 Å². The van der Waals surface area contributed by atoms with E-state index >= 15 is 0 Å². The van der Waals surface area contributed by atoms with E-state index in [1.54, 1.807) is 0 Å². The molecule has 2 nitrogen and oxygen atoms in total. The Morgan fingerprint density at radius 3 is 1.97 bits per heavy atom. The predicted octanol–water partition coefficient (Wildman–Crippen LogP) is 8.00. The Balaban J connectivity index is 0.00000512. The first kappa shape index (κ1) is 27.7. The summed E-state index contributed by atoms with van der Waals surface area (Å²) in [5.41, 5.74) is 4.51. The maximum Gasteiger partial charge on any atom is 0.0874 e. The van der Waals surface area contributed by atoms with Crippen molar-refractivity contribution in [1.82, 2.24) is 4.90 Å². The van der Waals surface area contributed by atoms with Gasteiger partial charge in [-0.25, -0.2) is 0 Å². The van der Waals surface area contributed by atoms with Crippen LogP contribution >= 0.6 is 12.4 Å². The van der Waals surface area contributed by atoms with Gasteiger partial charge < -0.3 is 0 Å². The molecule has 0 amide bonds. The average Bonchev–Trinajstić information content (AvgIpc) is 2.74. The molecule has 0 spiro atoms. The molecule has 0 radical (unpaired) electrons. The second-order valence-corrected chi connectivity index (χ2v) is 9.28. The van der Waals surface area contributed by atoms with Gasteiger partial charge in [-0.1, -0.05) is 77.4 Å². The molecular weight excluding hydrogens is 412 g/mol. The number of fused-ring (bicyclic) bond motifs is 1. The molecule has 1 atom stereocenters. The van der Waals surface area contributed by atoms with E-state index in [0.29, 0.717) is 0 Å². The van der Waals surface area contributed by atoms with Crippen LogP contribution in [0.1, 0.15) is 59.9 Å². The molecular formula is C29H39ClN2. The molecule has 0 bridgehead atoms. The highest BCUT2D eigenvalue weighted by molar-refractivity contribution is 5.87. The molecule has 2 rings (SSSR count). The minimum Gasteiger partial charge on any atom is -0.296 e. The Labute approximate surface area is 201 Å². The summed E-state index contributed by atoms with van der Waals surface area (Å²) in [6.45, 7) is 15.5. The average molecular weight is 451 g/mol. The summed E-state index contributed by atoms with van der Waals surface area (Å²) in [6, 6.07) is 17.6. The lowest BCUT2D eigenvalue weighted by Crippen LogP contribution is -2.33. The Kier molecular flexibility index (Phi) is 11.5. The molecule has 0 saturated heterocycles. The van der Waals surface area contributed by atoms with Crippen LogP contribution in [0.25, 0.3) is 10.8 Å². The van der Waals surface area contributed by atoms with Crippen molar-refractivity contribution in [2.24, 2.45) is 0 Å². The summed E-state index contributed by atoms with van der Waals surface area (Å²) >= 11 is 0. The standard InChI is InChI=1S/C29H38N2.ClH/c1-23(2)14-17-29(22-30,28-13-9-11-26-10-7-8-12-27(26)28)18-21-31(19-15-24(3)4)20-16-25(5)6;/h7-16H,17-21H2,1-6H3;1H. The lowest BCUT2D eigenvalue weighted by atomic mass is 9.74. The third-order valence-electron chi connectivity index (χ3n) is 5.75. The number of nitriles is 1. The van der Waals surface area contributed by atoms with E-state index in [9.17, 15) is 5.26 Å². The molecule has 3 heteroatoms. The van der Waals surface area contributed by atoms with E-state index in [2.05, 4.69) is 113 Å². The van der Waals surface area contributed by atoms with Crippen molar-refractivity contribution in [2.75, 3.05) is 19.6 Å². The van der Waals surface area contributed by atoms with Crippen LogP contribution in [0.2, 0.25) is 0 Å². The SMILES string of the molecule is CC(C)=CCN(CC=C(C)C)CCC(C#N)(CC=C(C)C)c1cccc2ccccc12.Cl. The maximum absolute atomic E-state index is 10.5. The summed E-state index contributed by atoms with van der Waals surface area (Å²) < 4.78 is 0. The number of benzene rings is 2. The molecule has 0 saturated carbocycles. The fraction of sp³-hybridized carbons (Fsp3) is 0.414. The second-order valence-electron chi connectivity index (χ2n) is 9.28. The summed E-state index contributed by atoms with van der Waals surface area (Å²) in [5, 5.41) is 12.9. The van der Waals surface area contributed by atoms with Gasteiger partial charge in [0.25, 0.3) is 0 Å². The molecule has 2 aromatic carbocycles. The number of nitrogens with zero attached hydrogens (tertiary/aromatic N) is 2. The molecule has 0 aromatic heterocycles. The van der Waals surface area contributed by atoms with Gasteiger partial charge in [-0.3, -0.25) is 4.90 Å². The second kappa shape index (κ2) is 13.3. The number of allylic oxidation sites excluding steroid dienone is 4. The molecule has 32 heavy (non-hydrogen) atoms. The quantitative estimate of drug-likeness (QED) is 0.343. The third-order valence-corrected chi connectivity index (χ3v) is 5.75. The van der Waals surface area contributed by atoms with Gasteiger partial charge in [-0.05, 0) is 70.7 Å². The van der Waals surface area contributed by atoms with Gasteiger partial charge in [-0.15, -0.1) is 12.4 Å². The van der Waals surface area contributed by atoms with Crippen LogP contribution < -0.4 is 0 Å². The van der Waals surface area contributed by atoms with Crippen LogP contribution in [0.5, 0.6) is 0 Å². The predicted molar refractivity (Wildman–Crippen MR) is 142 cm³/mol. The maximum atomic E-state index is 10.5. The molecule has 2 aromatic rings. The first-order chi connectivity index (χ1) is 14.8. The smallest absolute Gasteiger partial charge is 0.0874 e. The number of rotatable bonds is 10. The van der Waals surface area contributed by atoms with Gasteiger partial charge in [0.05, 0.1) is 11.5 Å². The Bertz CT molecular complexity index is 972. The zero-order chi connectivity index (χ0) is 22.9. The molecule has 0 aliphatic carbocycles. The van der Waals surface area contributed by atoms with E-state index in [0.717, 1.165) is 38.0 Å². The van der Waals surface area contributed by atoms with Crippen molar-refractivity contribution >= 4 is 23.2 Å². The fourth-order valence-electron chi connectivity index (χ4n) is 3.76. The minimum atomic E-state index is -0.549. The zero-order valence-electron chi connectivity index (χ0n) is 20.6. The van der Waals surface area contributed by atoms with Crippen LogP contribution in [-0.4, -0.2) is 24.5 Å². The van der Waals surface area contributed by atoms with Crippen molar-refractivity contribution in [3.05, 3.63) is 83.0 Å². The molecule has 0 N–H and O–H groups in total. The summed E-state index contributed by atoms with van der Waals surface area (Å²) in [5.74, 6) is 0. The van der Waals surface area contributed by atoms with E-state index in [4.69, 9.17) is 0 Å². The van der Waals surface area contributed by atoms with Crippen LogP contribution in [0.15, 0.2) is 77.4 Å². The lowest BCUT2D eigenvalue weighted by molar-refractivity contribution is 0.300. The van der Waals surface area contributed by atoms with Crippen molar-refractivity contribution in [2.45, 2.75) is 59.8 Å². The molecule has 0 aliphatic heterocycles. The zero-order valence-corrected chi connectivity index (χ0v) is 21.4. The Morgan fingerprint density at radius 1 is 0.844 bits per heavy atom. The number of hydrogen-bond donors (Lipinski definition) is 0. The van der Waals surface area contributed by atoms with Gasteiger partial charge in [0, 0.05) is 19.6 Å². The van der Waals surface area contributed by atoms with Crippen LogP contribution in [0.3, 0.4) is 0 Å². The Morgan fingerprint density at radius 2 is 1.41 bits per heavy atom. The molecule has 0 fully saturated rings. The largest absolute Gasteiger partial charge is 0.296 e. The first-order valence-corrected chi connectivity index (χ1v) is 11.3. The number of halogens is 1. The summed E-state index contributed by atoms with van der Waals surface area (Å²) in [6.07, 6.45) is 8.32. The molecule has 172 valence electrons. The van der Waals surface area contributed by atoms with Crippen molar-refractivity contribution in [1.29, 1.82) is 5.26 Å². The normalized spacial score (nSPS) is 12.3. The highest BCUT2D eigenvalue weighted by atomic mass is 35.5. The molecule has 0 heterocycles. The first-order valence-electron chi connectivity index (χ1n) is 11.3. The summed E-state index contributed by atoms with van der Waals surface area (Å²) in [4.78, 5) is 2.44. The van der Waals surface area contributed by atoms with Gasteiger partial charge in [0.2, 0.25) is 0 Å². The van der Waals surface area contributed by atoms with Gasteiger partial charge >= 0.3 is 0 Å². The highest BCUT2D eigenvalue weighted by Gasteiger charge is 2.33. The fourth-order valence-corrected chi connectivity index (χ4v) is 3.76. The van der Waals surface area contributed by atoms with E-state index in [1.165, 1.54) is 27.5 Å². The molecule has 0 aliphatic rings. The van der Waals surface area contributed by atoms with Crippen LogP contribution in [0.4, 0.5) is 0 Å².